The summed E-state index contributed by atoms with van der Waals surface area (Å²) >= 11 is 0. The highest BCUT2D eigenvalue weighted by Crippen LogP contribution is 2.02. The van der Waals surface area contributed by atoms with Crippen LogP contribution in [0.3, 0.4) is 0 Å². The van der Waals surface area contributed by atoms with Crippen LogP contribution >= 0.6 is 0 Å². The smallest absolute Gasteiger partial charge is 0.216 e. The molecule has 76 valence electrons. The molecule has 0 aromatic rings. The number of hydrogen-bond donors (Lipinski definition) is 1. The molecule has 1 unspecified atom stereocenters. The molecule has 0 saturated heterocycles. The van der Waals surface area contributed by atoms with Gasteiger partial charge < -0.3 is 5.11 Å². The first kappa shape index (κ1) is 12.4. The lowest BCUT2D eigenvalue weighted by molar-refractivity contribution is 0.315. The van der Waals surface area contributed by atoms with Crippen molar-refractivity contribution in [3.63, 3.8) is 0 Å². The lowest BCUT2D eigenvalue weighted by Crippen LogP contribution is -2.33. The van der Waals surface area contributed by atoms with Gasteiger partial charge >= 0.3 is 0 Å². The molecule has 0 rings (SSSR count). The molecule has 0 aromatic heterocycles. The molecule has 5 nitrogen and oxygen atoms in total. The van der Waals surface area contributed by atoms with Crippen LogP contribution in [0.5, 0.6) is 0 Å². The molecule has 0 spiro atoms. The number of nitrogens with zero attached hydrogens (tertiary/aromatic N) is 2. The lowest BCUT2D eigenvalue weighted by atomic mass is 10.2. The van der Waals surface area contributed by atoms with E-state index in [4.69, 9.17) is 10.4 Å². The van der Waals surface area contributed by atoms with Crippen LogP contribution in [0.15, 0.2) is 0 Å². The van der Waals surface area contributed by atoms with Crippen molar-refractivity contribution in [3.05, 3.63) is 0 Å². The monoisotopic (exact) mass is 206 g/mol. The Morgan fingerprint density at radius 3 is 2.54 bits per heavy atom. The van der Waals surface area contributed by atoms with Gasteiger partial charge in [0.15, 0.2) is 0 Å². The summed E-state index contributed by atoms with van der Waals surface area (Å²) in [4.78, 5) is 0. The second kappa shape index (κ2) is 5.17. The summed E-state index contributed by atoms with van der Waals surface area (Å²) in [6.07, 6.45) is 0. The Labute approximate surface area is 78.6 Å². The van der Waals surface area contributed by atoms with Crippen LogP contribution in [0.25, 0.3) is 0 Å². The largest absolute Gasteiger partial charge is 0.395 e. The second-order valence-electron chi connectivity index (χ2n) is 2.85. The van der Waals surface area contributed by atoms with Gasteiger partial charge in [-0.25, -0.2) is 12.7 Å². The van der Waals surface area contributed by atoms with E-state index in [2.05, 4.69) is 0 Å². The molecular weight excluding hydrogens is 192 g/mol. The number of rotatable bonds is 5. The Kier molecular flexibility index (Phi) is 4.91. The Morgan fingerprint density at radius 2 is 2.15 bits per heavy atom. The number of aliphatic hydroxyl groups is 1. The van der Waals surface area contributed by atoms with E-state index in [0.29, 0.717) is 0 Å². The van der Waals surface area contributed by atoms with E-state index < -0.39 is 16.6 Å². The lowest BCUT2D eigenvalue weighted by Gasteiger charge is -2.17. The molecule has 0 aliphatic rings. The molecule has 6 heteroatoms. The maximum atomic E-state index is 11.2. The molecule has 0 fully saturated rings. The molecule has 0 amide bonds. The molecule has 0 heterocycles. The zero-order chi connectivity index (χ0) is 10.5. The minimum atomic E-state index is -3.38. The Balaban J connectivity index is 4.27. The van der Waals surface area contributed by atoms with Gasteiger partial charge in [0.2, 0.25) is 10.0 Å². The van der Waals surface area contributed by atoms with Gasteiger partial charge in [-0.2, -0.15) is 5.26 Å². The minimum absolute atomic E-state index is 0.166. The van der Waals surface area contributed by atoms with Crippen LogP contribution in [0.4, 0.5) is 0 Å². The molecular formula is C7H14N2O3S. The van der Waals surface area contributed by atoms with E-state index in [-0.39, 0.29) is 18.2 Å². The standard InChI is InChI=1S/C7H14N2O3S/c1-7(5-8)6-9(2)13(11,12)4-3-10/h7,10H,3-4,6H2,1-2H3. The molecule has 0 aromatic carbocycles. The van der Waals surface area contributed by atoms with Crippen LogP contribution < -0.4 is 0 Å². The Bertz CT molecular complexity index is 281. The van der Waals surface area contributed by atoms with E-state index in [1.807, 2.05) is 6.07 Å². The first-order valence-electron chi connectivity index (χ1n) is 3.88. The predicted molar refractivity (Wildman–Crippen MR) is 48.3 cm³/mol. The van der Waals surface area contributed by atoms with Gasteiger partial charge in [0, 0.05) is 13.6 Å². The molecule has 1 N–H and O–H groups in total. The topological polar surface area (TPSA) is 81.4 Å². The number of sulfonamides is 1. The van der Waals surface area contributed by atoms with Crippen molar-refractivity contribution in [2.24, 2.45) is 5.92 Å². The number of aliphatic hydroxyl groups excluding tert-OH is 1. The zero-order valence-corrected chi connectivity index (χ0v) is 8.58. The van der Waals surface area contributed by atoms with E-state index >= 15 is 0 Å². The molecule has 0 aliphatic carbocycles. The van der Waals surface area contributed by atoms with Crippen molar-refractivity contribution < 1.29 is 13.5 Å². The van der Waals surface area contributed by atoms with Crippen molar-refractivity contribution in [3.8, 4) is 6.07 Å². The first-order chi connectivity index (χ1) is 5.94. The van der Waals surface area contributed by atoms with E-state index in [1.165, 1.54) is 7.05 Å². The van der Waals surface area contributed by atoms with Gasteiger partial charge in [0.25, 0.3) is 0 Å². The van der Waals surface area contributed by atoms with Crippen LogP contribution in [0.1, 0.15) is 6.92 Å². The Hall–Kier alpha value is -0.640. The molecule has 0 radical (unpaired) electrons. The third kappa shape index (κ3) is 4.22. The van der Waals surface area contributed by atoms with E-state index in [0.717, 1.165) is 4.31 Å². The van der Waals surface area contributed by atoms with Crippen molar-refractivity contribution >= 4 is 10.0 Å². The average Bonchev–Trinajstić information content (AvgIpc) is 2.04. The third-order valence-electron chi connectivity index (χ3n) is 1.58. The van der Waals surface area contributed by atoms with Crippen LogP contribution in [0.2, 0.25) is 0 Å². The molecule has 0 saturated carbocycles. The minimum Gasteiger partial charge on any atom is -0.395 e. The van der Waals surface area contributed by atoms with Gasteiger partial charge in [-0.15, -0.1) is 0 Å². The normalized spacial score (nSPS) is 14.1. The van der Waals surface area contributed by atoms with Crippen LogP contribution in [-0.4, -0.2) is 43.8 Å². The quantitative estimate of drug-likeness (QED) is 0.651. The molecule has 0 bridgehead atoms. The summed E-state index contributed by atoms with van der Waals surface area (Å²) < 4.78 is 23.6. The van der Waals surface area contributed by atoms with Gasteiger partial charge in [0.1, 0.15) is 0 Å². The van der Waals surface area contributed by atoms with E-state index in [1.54, 1.807) is 6.92 Å². The fraction of sp³-hybridized carbons (Fsp3) is 0.857. The highest BCUT2D eigenvalue weighted by atomic mass is 32.2. The predicted octanol–water partition coefficient (Wildman–Crippen LogP) is -0.600. The summed E-state index contributed by atoms with van der Waals surface area (Å²) in [6, 6.07) is 1.94. The Morgan fingerprint density at radius 1 is 1.62 bits per heavy atom. The average molecular weight is 206 g/mol. The fourth-order valence-electron chi connectivity index (χ4n) is 0.811. The number of hydrogen-bond acceptors (Lipinski definition) is 4. The van der Waals surface area contributed by atoms with E-state index in [9.17, 15) is 8.42 Å². The summed E-state index contributed by atoms with van der Waals surface area (Å²) in [5.74, 6) is -0.625. The van der Waals surface area contributed by atoms with Crippen molar-refractivity contribution in [2.45, 2.75) is 6.92 Å². The molecule has 0 aliphatic heterocycles. The van der Waals surface area contributed by atoms with Gasteiger partial charge in [0.05, 0.1) is 24.3 Å². The highest BCUT2D eigenvalue weighted by Gasteiger charge is 2.18. The highest BCUT2D eigenvalue weighted by molar-refractivity contribution is 7.89. The number of nitriles is 1. The van der Waals surface area contributed by atoms with Gasteiger partial charge in [-0.1, -0.05) is 0 Å². The summed E-state index contributed by atoms with van der Waals surface area (Å²) in [5.41, 5.74) is 0. The van der Waals surface area contributed by atoms with Crippen molar-refractivity contribution in [1.82, 2.24) is 4.31 Å². The van der Waals surface area contributed by atoms with Crippen molar-refractivity contribution in [1.29, 1.82) is 5.26 Å². The first-order valence-corrected chi connectivity index (χ1v) is 5.49. The third-order valence-corrected chi connectivity index (χ3v) is 3.37. The fourth-order valence-corrected chi connectivity index (χ4v) is 1.80. The maximum Gasteiger partial charge on any atom is 0.216 e. The molecule has 1 atom stereocenters. The summed E-state index contributed by atoms with van der Waals surface area (Å²) in [5, 5.41) is 16.9. The van der Waals surface area contributed by atoms with Gasteiger partial charge in [-0.05, 0) is 6.92 Å². The molecule has 13 heavy (non-hydrogen) atoms. The summed E-state index contributed by atoms with van der Waals surface area (Å²) in [7, 11) is -1.98. The summed E-state index contributed by atoms with van der Waals surface area (Å²) in [6.45, 7) is 1.41. The maximum absolute atomic E-state index is 11.2. The SMILES string of the molecule is CC(C#N)CN(C)S(=O)(=O)CCO. The van der Waals surface area contributed by atoms with Crippen LogP contribution in [0, 0.1) is 17.2 Å². The second-order valence-corrected chi connectivity index (χ2v) is 5.05. The van der Waals surface area contributed by atoms with Gasteiger partial charge in [-0.3, -0.25) is 0 Å². The zero-order valence-electron chi connectivity index (χ0n) is 7.77. The van der Waals surface area contributed by atoms with Crippen molar-refractivity contribution in [2.75, 3.05) is 26.0 Å². The van der Waals surface area contributed by atoms with Crippen LogP contribution in [-0.2, 0) is 10.0 Å².